The van der Waals surface area contributed by atoms with Gasteiger partial charge in [0.05, 0.1) is 11.7 Å². The third-order valence-corrected chi connectivity index (χ3v) is 6.30. The summed E-state index contributed by atoms with van der Waals surface area (Å²) in [7, 11) is 0. The quantitative estimate of drug-likeness (QED) is 0.428. The largest absolute Gasteiger partial charge is 0.351 e. The molecule has 1 aliphatic rings. The number of benzene rings is 2. The Kier molecular flexibility index (Phi) is 5.04. The van der Waals surface area contributed by atoms with Crippen molar-refractivity contribution in [3.8, 4) is 5.69 Å². The first-order chi connectivity index (χ1) is 15.1. The highest BCUT2D eigenvalue weighted by molar-refractivity contribution is 7.80. The minimum absolute atomic E-state index is 0.0404. The summed E-state index contributed by atoms with van der Waals surface area (Å²) >= 11 is 5.83. The highest BCUT2D eigenvalue weighted by Gasteiger charge is 2.42. The second-order valence-electron chi connectivity index (χ2n) is 7.90. The Morgan fingerprint density at radius 1 is 0.839 bits per heavy atom. The van der Waals surface area contributed by atoms with Crippen LogP contribution in [0.5, 0.6) is 0 Å². The van der Waals surface area contributed by atoms with E-state index in [2.05, 4.69) is 88.3 Å². The minimum atomic E-state index is -0.0610. The van der Waals surface area contributed by atoms with E-state index in [0.717, 1.165) is 22.8 Å². The van der Waals surface area contributed by atoms with E-state index in [1.54, 1.807) is 0 Å². The van der Waals surface area contributed by atoms with Crippen molar-refractivity contribution in [3.63, 3.8) is 0 Å². The molecular weight excluding hydrogens is 400 g/mol. The number of nitrogens with zero attached hydrogens (tertiary/aromatic N) is 3. The fourth-order valence-corrected chi connectivity index (χ4v) is 4.61. The van der Waals surface area contributed by atoms with Gasteiger partial charge in [0.1, 0.15) is 6.04 Å². The van der Waals surface area contributed by atoms with Gasteiger partial charge < -0.3 is 14.8 Å². The zero-order valence-electron chi connectivity index (χ0n) is 17.6. The number of aromatic nitrogens is 2. The Labute approximate surface area is 188 Å². The van der Waals surface area contributed by atoms with Crippen LogP contribution in [0.4, 0.5) is 5.69 Å². The molecule has 5 rings (SSSR count). The Balaban J connectivity index is 1.67. The number of rotatable bonds is 4. The molecule has 1 saturated heterocycles. The van der Waals surface area contributed by atoms with Crippen LogP contribution < -0.4 is 10.2 Å². The topological polar surface area (TPSA) is 33.1 Å². The van der Waals surface area contributed by atoms with Crippen LogP contribution >= 0.6 is 12.2 Å². The van der Waals surface area contributed by atoms with Gasteiger partial charge in [-0.05, 0) is 85.7 Å². The first kappa shape index (κ1) is 19.5. The lowest BCUT2D eigenvalue weighted by molar-refractivity contribution is 0.549. The molecule has 0 aliphatic carbocycles. The highest BCUT2D eigenvalue weighted by Crippen LogP contribution is 2.42. The molecule has 2 aromatic heterocycles. The molecule has 31 heavy (non-hydrogen) atoms. The first-order valence-corrected chi connectivity index (χ1v) is 10.8. The number of anilines is 1. The molecule has 0 amide bonds. The van der Waals surface area contributed by atoms with Crippen molar-refractivity contribution >= 4 is 23.0 Å². The Hall–Kier alpha value is -3.44. The number of para-hydroxylation sites is 1. The van der Waals surface area contributed by atoms with Gasteiger partial charge in [-0.1, -0.05) is 30.3 Å². The molecule has 0 bridgehead atoms. The monoisotopic (exact) mass is 424 g/mol. The molecule has 0 radical (unpaired) electrons. The molecule has 1 aliphatic heterocycles. The molecule has 5 heteroatoms. The molecular formula is C26H24N4S. The lowest BCUT2D eigenvalue weighted by atomic mass is 10.0. The molecule has 3 heterocycles. The molecule has 0 saturated carbocycles. The number of nitrogens with one attached hydrogen (secondary N) is 1. The van der Waals surface area contributed by atoms with Crippen LogP contribution in [-0.4, -0.2) is 14.7 Å². The van der Waals surface area contributed by atoms with Gasteiger partial charge in [0.25, 0.3) is 0 Å². The van der Waals surface area contributed by atoms with Gasteiger partial charge in [-0.15, -0.1) is 0 Å². The van der Waals surface area contributed by atoms with E-state index in [1.165, 1.54) is 11.1 Å². The van der Waals surface area contributed by atoms with Crippen LogP contribution in [0.3, 0.4) is 0 Å². The van der Waals surface area contributed by atoms with Crippen molar-refractivity contribution in [2.24, 2.45) is 0 Å². The Morgan fingerprint density at radius 2 is 1.65 bits per heavy atom. The predicted molar refractivity (Wildman–Crippen MR) is 130 cm³/mol. The summed E-state index contributed by atoms with van der Waals surface area (Å²) in [6.07, 6.45) is 3.96. The summed E-state index contributed by atoms with van der Waals surface area (Å²) in [6.45, 7) is 4.30. The summed E-state index contributed by atoms with van der Waals surface area (Å²) in [5.74, 6) is 0. The van der Waals surface area contributed by atoms with E-state index < -0.39 is 0 Å². The Bertz CT molecular complexity index is 1220. The van der Waals surface area contributed by atoms with Gasteiger partial charge >= 0.3 is 0 Å². The fourth-order valence-electron chi connectivity index (χ4n) is 4.27. The van der Waals surface area contributed by atoms with Crippen molar-refractivity contribution < 1.29 is 0 Å². The summed E-state index contributed by atoms with van der Waals surface area (Å²) < 4.78 is 2.26. The predicted octanol–water partition coefficient (Wildman–Crippen LogP) is 5.67. The fraction of sp³-hybridized carbons (Fsp3) is 0.154. The van der Waals surface area contributed by atoms with Gasteiger partial charge in [-0.3, -0.25) is 4.98 Å². The maximum atomic E-state index is 5.83. The summed E-state index contributed by atoms with van der Waals surface area (Å²) in [4.78, 5) is 6.86. The second kappa shape index (κ2) is 8.00. The number of aryl methyl sites for hydroxylation is 2. The van der Waals surface area contributed by atoms with Crippen molar-refractivity contribution in [1.29, 1.82) is 0 Å². The van der Waals surface area contributed by atoms with Crippen LogP contribution in [0.1, 0.15) is 34.6 Å². The van der Waals surface area contributed by atoms with Crippen molar-refractivity contribution in [2.75, 3.05) is 4.90 Å². The SMILES string of the molecule is Cc1ccc(-n2cccc2[C@@H]2[C@@H](c3ccccn3)NC(=S)N2c2ccccc2)cc1C. The van der Waals surface area contributed by atoms with Crippen molar-refractivity contribution in [2.45, 2.75) is 25.9 Å². The summed E-state index contributed by atoms with van der Waals surface area (Å²) in [6, 6.07) is 27.1. The summed E-state index contributed by atoms with van der Waals surface area (Å²) in [5, 5.41) is 4.25. The molecule has 4 aromatic rings. The van der Waals surface area contributed by atoms with Crippen LogP contribution in [0.15, 0.2) is 91.3 Å². The molecule has 0 unspecified atom stereocenters. The van der Waals surface area contributed by atoms with Crippen LogP contribution in [0.2, 0.25) is 0 Å². The molecule has 4 nitrogen and oxygen atoms in total. The minimum Gasteiger partial charge on any atom is -0.351 e. The standard InChI is InChI=1S/C26H24N4S/c1-18-13-14-21(17-19(18)2)29-16-8-12-23(29)25-24(22-11-6-7-15-27-22)28-26(31)30(25)20-9-4-3-5-10-20/h3-17,24-25H,1-2H3,(H,28,31)/t24-,25-/m1/s1. The van der Waals surface area contributed by atoms with Crippen LogP contribution in [0.25, 0.3) is 5.69 Å². The lowest BCUT2D eigenvalue weighted by Crippen LogP contribution is -2.30. The Morgan fingerprint density at radius 3 is 2.39 bits per heavy atom. The number of hydrogen-bond acceptors (Lipinski definition) is 2. The maximum Gasteiger partial charge on any atom is 0.174 e. The summed E-state index contributed by atoms with van der Waals surface area (Å²) in [5.41, 5.74) is 6.91. The van der Waals surface area contributed by atoms with Gasteiger partial charge in [0.15, 0.2) is 5.11 Å². The first-order valence-electron chi connectivity index (χ1n) is 10.4. The van der Waals surface area contributed by atoms with E-state index in [-0.39, 0.29) is 12.1 Å². The molecule has 1 fully saturated rings. The van der Waals surface area contributed by atoms with Gasteiger partial charge in [0, 0.05) is 29.5 Å². The van der Waals surface area contributed by atoms with E-state index in [0.29, 0.717) is 5.11 Å². The third kappa shape index (κ3) is 3.51. The van der Waals surface area contributed by atoms with Crippen LogP contribution in [-0.2, 0) is 0 Å². The molecule has 154 valence electrons. The average molecular weight is 425 g/mol. The highest BCUT2D eigenvalue weighted by atomic mass is 32.1. The third-order valence-electron chi connectivity index (χ3n) is 5.98. The van der Waals surface area contributed by atoms with Crippen molar-refractivity contribution in [1.82, 2.24) is 14.9 Å². The van der Waals surface area contributed by atoms with E-state index in [4.69, 9.17) is 12.2 Å². The van der Waals surface area contributed by atoms with E-state index in [1.807, 2.05) is 36.5 Å². The smallest absolute Gasteiger partial charge is 0.174 e. The van der Waals surface area contributed by atoms with E-state index in [9.17, 15) is 0 Å². The lowest BCUT2D eigenvalue weighted by Gasteiger charge is -2.29. The second-order valence-corrected chi connectivity index (χ2v) is 8.29. The molecule has 1 N–H and O–H groups in total. The molecule has 2 atom stereocenters. The zero-order valence-corrected chi connectivity index (χ0v) is 18.4. The van der Waals surface area contributed by atoms with E-state index >= 15 is 0 Å². The number of pyridine rings is 1. The zero-order chi connectivity index (χ0) is 21.4. The van der Waals surface area contributed by atoms with Crippen LogP contribution in [0, 0.1) is 13.8 Å². The van der Waals surface area contributed by atoms with Crippen molar-refractivity contribution in [3.05, 3.63) is 114 Å². The average Bonchev–Trinajstić information content (AvgIpc) is 3.41. The van der Waals surface area contributed by atoms with Gasteiger partial charge in [-0.2, -0.15) is 0 Å². The maximum absolute atomic E-state index is 5.83. The number of thiocarbonyl (C=S) groups is 1. The van der Waals surface area contributed by atoms with Gasteiger partial charge in [0.2, 0.25) is 0 Å². The molecule has 0 spiro atoms. The molecule has 2 aromatic carbocycles. The van der Waals surface area contributed by atoms with Gasteiger partial charge in [-0.25, -0.2) is 0 Å². The number of hydrogen-bond donors (Lipinski definition) is 1. The normalized spacial score (nSPS) is 18.3.